The van der Waals surface area contributed by atoms with Gasteiger partial charge in [-0.15, -0.1) is 0 Å². The Morgan fingerprint density at radius 3 is 2.50 bits per heavy atom. The molecule has 0 bridgehead atoms. The minimum atomic E-state index is -0.228. The fourth-order valence-corrected chi connectivity index (χ4v) is 3.26. The van der Waals surface area contributed by atoms with Gasteiger partial charge in [0, 0.05) is 15.7 Å². The SMILES string of the molecule is CC(C)c1ccc2oc(-c3ccc(NC(=O)COc4ccc(Br)cc4)cc3)nc2c1. The highest BCUT2D eigenvalue weighted by Crippen LogP contribution is 2.27. The van der Waals surface area contributed by atoms with Gasteiger partial charge >= 0.3 is 0 Å². The van der Waals surface area contributed by atoms with Gasteiger partial charge in [0.25, 0.3) is 5.91 Å². The molecule has 0 aliphatic heterocycles. The summed E-state index contributed by atoms with van der Waals surface area (Å²) in [6.45, 7) is 4.24. The molecular weight excluding hydrogens is 444 g/mol. The summed E-state index contributed by atoms with van der Waals surface area (Å²) in [5, 5.41) is 2.82. The monoisotopic (exact) mass is 464 g/mol. The van der Waals surface area contributed by atoms with Crippen molar-refractivity contribution >= 4 is 38.6 Å². The van der Waals surface area contributed by atoms with Crippen LogP contribution in [0.1, 0.15) is 25.3 Å². The number of aromatic nitrogens is 1. The molecule has 6 heteroatoms. The molecule has 1 heterocycles. The van der Waals surface area contributed by atoms with E-state index in [0.29, 0.717) is 23.2 Å². The summed E-state index contributed by atoms with van der Waals surface area (Å²) in [5.41, 5.74) is 4.36. The van der Waals surface area contributed by atoms with E-state index in [-0.39, 0.29) is 12.5 Å². The summed E-state index contributed by atoms with van der Waals surface area (Å²) in [5.74, 6) is 1.40. The summed E-state index contributed by atoms with van der Waals surface area (Å²) in [4.78, 5) is 16.7. The fraction of sp³-hybridized carbons (Fsp3) is 0.167. The lowest BCUT2D eigenvalue weighted by molar-refractivity contribution is -0.118. The van der Waals surface area contributed by atoms with E-state index >= 15 is 0 Å². The molecule has 0 atom stereocenters. The van der Waals surface area contributed by atoms with Gasteiger partial charge in [-0.05, 0) is 72.1 Å². The fourth-order valence-electron chi connectivity index (χ4n) is 3.00. The van der Waals surface area contributed by atoms with E-state index in [1.54, 1.807) is 12.1 Å². The molecular formula is C24H21BrN2O3. The molecule has 1 amide bonds. The van der Waals surface area contributed by atoms with Crippen LogP contribution < -0.4 is 10.1 Å². The van der Waals surface area contributed by atoms with Crippen LogP contribution in [0.2, 0.25) is 0 Å². The quantitative estimate of drug-likeness (QED) is 0.358. The predicted octanol–water partition coefficient (Wildman–Crippen LogP) is 6.40. The summed E-state index contributed by atoms with van der Waals surface area (Å²) >= 11 is 3.36. The van der Waals surface area contributed by atoms with E-state index in [2.05, 4.69) is 52.2 Å². The minimum Gasteiger partial charge on any atom is -0.484 e. The van der Waals surface area contributed by atoms with Crippen LogP contribution in [0.25, 0.3) is 22.6 Å². The third kappa shape index (κ3) is 4.71. The average molecular weight is 465 g/mol. The van der Waals surface area contributed by atoms with Crippen molar-refractivity contribution in [3.8, 4) is 17.2 Å². The third-order valence-electron chi connectivity index (χ3n) is 4.68. The summed E-state index contributed by atoms with van der Waals surface area (Å²) in [7, 11) is 0. The van der Waals surface area contributed by atoms with Gasteiger partial charge in [0.15, 0.2) is 12.2 Å². The normalized spacial score (nSPS) is 11.1. The Balaban J connectivity index is 1.40. The predicted molar refractivity (Wildman–Crippen MR) is 122 cm³/mol. The number of hydrogen-bond donors (Lipinski definition) is 1. The van der Waals surface area contributed by atoms with Gasteiger partial charge < -0.3 is 14.5 Å². The van der Waals surface area contributed by atoms with Gasteiger partial charge in [-0.2, -0.15) is 0 Å². The van der Waals surface area contributed by atoms with Crippen LogP contribution in [-0.2, 0) is 4.79 Å². The first-order chi connectivity index (χ1) is 14.5. The van der Waals surface area contributed by atoms with Gasteiger partial charge in [0.2, 0.25) is 5.89 Å². The Hall–Kier alpha value is -3.12. The smallest absolute Gasteiger partial charge is 0.262 e. The molecule has 0 saturated carbocycles. The topological polar surface area (TPSA) is 64.4 Å². The van der Waals surface area contributed by atoms with E-state index in [1.165, 1.54) is 5.56 Å². The number of carbonyl (C=O) groups excluding carboxylic acids is 1. The van der Waals surface area contributed by atoms with Crippen LogP contribution in [0, 0.1) is 0 Å². The number of nitrogens with zero attached hydrogens (tertiary/aromatic N) is 1. The summed E-state index contributed by atoms with van der Waals surface area (Å²) in [6.07, 6.45) is 0. The molecule has 0 saturated heterocycles. The highest BCUT2D eigenvalue weighted by Gasteiger charge is 2.11. The van der Waals surface area contributed by atoms with Crippen LogP contribution in [0.3, 0.4) is 0 Å². The molecule has 1 N–H and O–H groups in total. The van der Waals surface area contributed by atoms with Gasteiger partial charge in [0.1, 0.15) is 11.3 Å². The van der Waals surface area contributed by atoms with Gasteiger partial charge in [0.05, 0.1) is 0 Å². The van der Waals surface area contributed by atoms with E-state index in [0.717, 1.165) is 21.1 Å². The maximum Gasteiger partial charge on any atom is 0.262 e. The first kappa shape index (κ1) is 20.2. The molecule has 4 aromatic rings. The molecule has 0 spiro atoms. The van der Waals surface area contributed by atoms with Gasteiger partial charge in [-0.1, -0.05) is 35.8 Å². The average Bonchev–Trinajstić information content (AvgIpc) is 3.17. The number of carbonyl (C=O) groups is 1. The molecule has 1 aromatic heterocycles. The van der Waals surface area contributed by atoms with Crippen molar-refractivity contribution in [1.82, 2.24) is 4.98 Å². The zero-order chi connectivity index (χ0) is 21.1. The maximum atomic E-state index is 12.1. The Labute approximate surface area is 183 Å². The number of ether oxygens (including phenoxy) is 1. The molecule has 152 valence electrons. The number of benzene rings is 3. The van der Waals surface area contributed by atoms with E-state index in [9.17, 15) is 4.79 Å². The molecule has 0 radical (unpaired) electrons. The highest BCUT2D eigenvalue weighted by molar-refractivity contribution is 9.10. The lowest BCUT2D eigenvalue weighted by Gasteiger charge is -2.08. The molecule has 0 aliphatic carbocycles. The first-order valence-electron chi connectivity index (χ1n) is 9.67. The van der Waals surface area contributed by atoms with Crippen molar-refractivity contribution in [2.75, 3.05) is 11.9 Å². The third-order valence-corrected chi connectivity index (χ3v) is 5.21. The highest BCUT2D eigenvalue weighted by atomic mass is 79.9. The van der Waals surface area contributed by atoms with E-state index in [1.807, 2.05) is 42.5 Å². The number of oxazole rings is 1. The molecule has 0 fully saturated rings. The van der Waals surface area contributed by atoms with Crippen molar-refractivity contribution in [2.45, 2.75) is 19.8 Å². The Kier molecular flexibility index (Phi) is 5.86. The van der Waals surface area contributed by atoms with Gasteiger partial charge in [-0.3, -0.25) is 4.79 Å². The standard InChI is InChI=1S/C24H21BrN2O3/c1-15(2)17-5-12-22-21(13-17)27-24(30-22)16-3-8-19(9-4-16)26-23(28)14-29-20-10-6-18(25)7-11-20/h3-13,15H,14H2,1-2H3,(H,26,28). The second-order valence-corrected chi connectivity index (χ2v) is 8.18. The summed E-state index contributed by atoms with van der Waals surface area (Å²) < 4.78 is 12.3. The molecule has 0 aliphatic rings. The second kappa shape index (κ2) is 8.71. The van der Waals surface area contributed by atoms with Crippen LogP contribution >= 0.6 is 15.9 Å². The largest absolute Gasteiger partial charge is 0.484 e. The number of halogens is 1. The van der Waals surface area contributed by atoms with E-state index < -0.39 is 0 Å². The molecule has 5 nitrogen and oxygen atoms in total. The molecule has 0 unspecified atom stereocenters. The van der Waals surface area contributed by atoms with Crippen molar-refractivity contribution in [3.63, 3.8) is 0 Å². The first-order valence-corrected chi connectivity index (χ1v) is 10.5. The second-order valence-electron chi connectivity index (χ2n) is 7.27. The number of anilines is 1. The minimum absolute atomic E-state index is 0.0628. The Bertz CT molecular complexity index is 1170. The lowest BCUT2D eigenvalue weighted by Crippen LogP contribution is -2.20. The zero-order valence-electron chi connectivity index (χ0n) is 16.7. The lowest BCUT2D eigenvalue weighted by atomic mass is 10.0. The van der Waals surface area contributed by atoms with Crippen LogP contribution in [0.5, 0.6) is 5.75 Å². The number of rotatable bonds is 6. The number of fused-ring (bicyclic) bond motifs is 1. The van der Waals surface area contributed by atoms with Gasteiger partial charge in [-0.25, -0.2) is 4.98 Å². The Morgan fingerprint density at radius 2 is 1.80 bits per heavy atom. The number of nitrogens with one attached hydrogen (secondary N) is 1. The molecule has 4 rings (SSSR count). The van der Waals surface area contributed by atoms with Crippen molar-refractivity contribution in [2.24, 2.45) is 0 Å². The van der Waals surface area contributed by atoms with Crippen LogP contribution in [0.4, 0.5) is 5.69 Å². The molecule has 30 heavy (non-hydrogen) atoms. The number of amides is 1. The Morgan fingerprint density at radius 1 is 1.07 bits per heavy atom. The van der Waals surface area contributed by atoms with E-state index in [4.69, 9.17) is 9.15 Å². The summed E-state index contributed by atoms with van der Waals surface area (Å²) in [6, 6.07) is 20.8. The number of hydrogen-bond acceptors (Lipinski definition) is 4. The maximum absolute atomic E-state index is 12.1. The van der Waals surface area contributed by atoms with Crippen LogP contribution in [-0.4, -0.2) is 17.5 Å². The molecule has 3 aromatic carbocycles. The zero-order valence-corrected chi connectivity index (χ0v) is 18.3. The van der Waals surface area contributed by atoms with Crippen molar-refractivity contribution in [1.29, 1.82) is 0 Å². The van der Waals surface area contributed by atoms with Crippen molar-refractivity contribution in [3.05, 3.63) is 76.8 Å². The van der Waals surface area contributed by atoms with Crippen LogP contribution in [0.15, 0.2) is 75.6 Å². The van der Waals surface area contributed by atoms with Crippen molar-refractivity contribution < 1.29 is 13.9 Å².